The summed E-state index contributed by atoms with van der Waals surface area (Å²) in [5, 5.41) is 6.12. The monoisotopic (exact) mass is 380 g/mol. The predicted molar refractivity (Wildman–Crippen MR) is 100 cm³/mol. The highest BCUT2D eigenvalue weighted by atomic mass is 35.5. The lowest BCUT2D eigenvalue weighted by Crippen LogP contribution is -2.41. The molecule has 0 radical (unpaired) electrons. The van der Waals surface area contributed by atoms with Crippen molar-refractivity contribution in [2.45, 2.75) is 25.3 Å². The molecule has 1 aliphatic heterocycles. The van der Waals surface area contributed by atoms with Crippen LogP contribution in [0, 0.1) is 5.92 Å². The molecule has 1 aromatic carbocycles. The molecule has 2 heterocycles. The van der Waals surface area contributed by atoms with Crippen LogP contribution >= 0.6 is 34.5 Å². The Labute approximate surface area is 155 Å². The molecule has 126 valence electrons. The summed E-state index contributed by atoms with van der Waals surface area (Å²) in [6.07, 6.45) is 3.56. The van der Waals surface area contributed by atoms with E-state index in [2.05, 4.69) is 21.7 Å². The first-order chi connectivity index (χ1) is 11.6. The van der Waals surface area contributed by atoms with Crippen molar-refractivity contribution >= 4 is 46.1 Å². The molecule has 6 heteroatoms. The van der Waals surface area contributed by atoms with Gasteiger partial charge in [0.05, 0.1) is 17.3 Å². The third-order valence-electron chi connectivity index (χ3n) is 4.74. The molecule has 0 bridgehead atoms. The minimum Gasteiger partial charge on any atom is -0.324 e. The van der Waals surface area contributed by atoms with E-state index in [1.807, 2.05) is 11.3 Å². The molecule has 1 saturated carbocycles. The summed E-state index contributed by atoms with van der Waals surface area (Å²) in [5.41, 5.74) is 2.05. The molecule has 1 aliphatic carbocycles. The molecule has 1 atom stereocenters. The number of carbonyl (C=O) groups excluding carboxylic acids is 1. The number of benzene rings is 1. The van der Waals surface area contributed by atoms with Crippen LogP contribution in [-0.4, -0.2) is 23.9 Å². The second-order valence-corrected chi connectivity index (χ2v) is 8.32. The van der Waals surface area contributed by atoms with Gasteiger partial charge in [0.15, 0.2) is 0 Å². The summed E-state index contributed by atoms with van der Waals surface area (Å²) in [7, 11) is 0. The van der Waals surface area contributed by atoms with E-state index in [4.69, 9.17) is 23.2 Å². The van der Waals surface area contributed by atoms with Crippen LogP contribution in [0.25, 0.3) is 0 Å². The van der Waals surface area contributed by atoms with Gasteiger partial charge in [-0.2, -0.15) is 0 Å². The highest BCUT2D eigenvalue weighted by molar-refractivity contribution is 7.10. The first-order valence-electron chi connectivity index (χ1n) is 8.17. The number of rotatable bonds is 4. The molecular formula is C18H18Cl2N2OS. The summed E-state index contributed by atoms with van der Waals surface area (Å²) in [6, 6.07) is 7.75. The average Bonchev–Trinajstić information content (AvgIpc) is 3.26. The number of amides is 1. The summed E-state index contributed by atoms with van der Waals surface area (Å²) < 4.78 is 0. The van der Waals surface area contributed by atoms with Gasteiger partial charge in [0.25, 0.3) is 0 Å². The van der Waals surface area contributed by atoms with Crippen LogP contribution in [0.5, 0.6) is 0 Å². The van der Waals surface area contributed by atoms with Crippen LogP contribution in [0.15, 0.2) is 29.6 Å². The van der Waals surface area contributed by atoms with Crippen molar-refractivity contribution in [3.63, 3.8) is 0 Å². The highest BCUT2D eigenvalue weighted by Gasteiger charge is 2.40. The Morgan fingerprint density at radius 2 is 2.12 bits per heavy atom. The lowest BCUT2D eigenvalue weighted by molar-refractivity contribution is -0.118. The fourth-order valence-electron chi connectivity index (χ4n) is 3.50. The Morgan fingerprint density at radius 1 is 1.29 bits per heavy atom. The molecule has 2 aliphatic rings. The number of carbonyl (C=O) groups is 1. The first kappa shape index (κ1) is 16.4. The van der Waals surface area contributed by atoms with Crippen molar-refractivity contribution in [1.82, 2.24) is 4.90 Å². The molecule has 1 aromatic heterocycles. The van der Waals surface area contributed by atoms with E-state index in [1.165, 1.54) is 23.3 Å². The quantitative estimate of drug-likeness (QED) is 0.808. The Balaban J connectivity index is 1.47. The molecule has 1 N–H and O–H groups in total. The molecule has 4 rings (SSSR count). The van der Waals surface area contributed by atoms with E-state index >= 15 is 0 Å². The van der Waals surface area contributed by atoms with Gasteiger partial charge in [-0.3, -0.25) is 9.69 Å². The molecule has 0 saturated heterocycles. The molecule has 1 fully saturated rings. The fraction of sp³-hybridized carbons (Fsp3) is 0.389. The fourth-order valence-corrected chi connectivity index (χ4v) is 4.87. The van der Waals surface area contributed by atoms with Crippen LogP contribution in [0.1, 0.15) is 29.3 Å². The van der Waals surface area contributed by atoms with Crippen LogP contribution in [0.4, 0.5) is 5.69 Å². The second kappa shape index (κ2) is 6.68. The van der Waals surface area contributed by atoms with Crippen molar-refractivity contribution in [3.05, 3.63) is 50.1 Å². The van der Waals surface area contributed by atoms with E-state index in [0.717, 1.165) is 13.0 Å². The van der Waals surface area contributed by atoms with Gasteiger partial charge >= 0.3 is 0 Å². The van der Waals surface area contributed by atoms with E-state index in [1.54, 1.807) is 18.2 Å². The van der Waals surface area contributed by atoms with Crippen LogP contribution < -0.4 is 5.32 Å². The van der Waals surface area contributed by atoms with Crippen LogP contribution in [0.2, 0.25) is 10.0 Å². The smallest absolute Gasteiger partial charge is 0.238 e. The molecular weight excluding hydrogens is 363 g/mol. The molecule has 2 aromatic rings. The zero-order valence-electron chi connectivity index (χ0n) is 13.1. The van der Waals surface area contributed by atoms with Crippen molar-refractivity contribution in [1.29, 1.82) is 0 Å². The second-order valence-electron chi connectivity index (χ2n) is 6.47. The van der Waals surface area contributed by atoms with Gasteiger partial charge in [0, 0.05) is 22.5 Å². The van der Waals surface area contributed by atoms with Crippen molar-refractivity contribution in [2.75, 3.05) is 18.4 Å². The van der Waals surface area contributed by atoms with E-state index in [9.17, 15) is 4.79 Å². The van der Waals surface area contributed by atoms with Gasteiger partial charge in [-0.15, -0.1) is 11.3 Å². The highest BCUT2D eigenvalue weighted by Crippen LogP contribution is 2.48. The molecule has 0 unspecified atom stereocenters. The maximum Gasteiger partial charge on any atom is 0.238 e. The van der Waals surface area contributed by atoms with Crippen LogP contribution in [0.3, 0.4) is 0 Å². The number of thiophene rings is 1. The minimum atomic E-state index is -0.0245. The number of hydrogen-bond acceptors (Lipinski definition) is 3. The Kier molecular flexibility index (Phi) is 4.56. The number of nitrogens with one attached hydrogen (secondary N) is 1. The molecule has 0 spiro atoms. The lowest BCUT2D eigenvalue weighted by atomic mass is 9.96. The number of halogens is 2. The number of anilines is 1. The lowest BCUT2D eigenvalue weighted by Gasteiger charge is -2.35. The molecule has 1 amide bonds. The molecule has 24 heavy (non-hydrogen) atoms. The SMILES string of the molecule is O=C(CN1CCc2sccc2[C@@H]1C1CC1)Nc1ccc(Cl)cc1Cl. The summed E-state index contributed by atoms with van der Waals surface area (Å²) in [6.45, 7) is 1.34. The summed E-state index contributed by atoms with van der Waals surface area (Å²) in [4.78, 5) is 16.3. The van der Waals surface area contributed by atoms with Crippen LogP contribution in [-0.2, 0) is 11.2 Å². The van der Waals surface area contributed by atoms with Gasteiger partial charge in [0.1, 0.15) is 0 Å². The van der Waals surface area contributed by atoms with Crippen molar-refractivity contribution in [2.24, 2.45) is 5.92 Å². The van der Waals surface area contributed by atoms with Gasteiger partial charge in [-0.25, -0.2) is 0 Å². The zero-order valence-corrected chi connectivity index (χ0v) is 15.4. The van der Waals surface area contributed by atoms with Gasteiger partial charge in [-0.05, 0) is 60.4 Å². The Morgan fingerprint density at radius 3 is 2.88 bits per heavy atom. The topological polar surface area (TPSA) is 32.3 Å². The van der Waals surface area contributed by atoms with Crippen molar-refractivity contribution in [3.8, 4) is 0 Å². The van der Waals surface area contributed by atoms with Gasteiger partial charge in [0.2, 0.25) is 5.91 Å². The maximum absolute atomic E-state index is 12.5. The summed E-state index contributed by atoms with van der Waals surface area (Å²) >= 11 is 13.9. The zero-order chi connectivity index (χ0) is 16.7. The Hall–Kier alpha value is -1.07. The van der Waals surface area contributed by atoms with Gasteiger partial charge in [-0.1, -0.05) is 23.2 Å². The van der Waals surface area contributed by atoms with E-state index in [0.29, 0.717) is 34.2 Å². The number of hydrogen-bond donors (Lipinski definition) is 1. The van der Waals surface area contributed by atoms with E-state index in [-0.39, 0.29) is 5.91 Å². The maximum atomic E-state index is 12.5. The third-order valence-corrected chi connectivity index (χ3v) is 6.28. The van der Waals surface area contributed by atoms with Gasteiger partial charge < -0.3 is 5.32 Å². The number of fused-ring (bicyclic) bond motifs is 1. The molecule has 3 nitrogen and oxygen atoms in total. The third kappa shape index (κ3) is 3.33. The Bertz CT molecular complexity index is 772. The predicted octanol–water partition coefficient (Wildman–Crippen LogP) is 5.00. The summed E-state index contributed by atoms with van der Waals surface area (Å²) in [5.74, 6) is 0.675. The normalized spacial score (nSPS) is 20.7. The minimum absolute atomic E-state index is 0.0245. The largest absolute Gasteiger partial charge is 0.324 e. The first-order valence-corrected chi connectivity index (χ1v) is 9.80. The van der Waals surface area contributed by atoms with Crippen molar-refractivity contribution < 1.29 is 4.79 Å². The van der Waals surface area contributed by atoms with E-state index < -0.39 is 0 Å². The average molecular weight is 381 g/mol. The number of nitrogens with zero attached hydrogens (tertiary/aromatic N) is 1. The standard InChI is InChI=1S/C18H18Cl2N2OS/c19-12-3-4-15(14(20)9-12)21-17(23)10-22-7-5-16-13(6-8-24-16)18(22)11-1-2-11/h3-4,6,8-9,11,18H,1-2,5,7,10H2,(H,21,23)/t18-/m0/s1.